The molecule has 2 aromatic carbocycles. The van der Waals surface area contributed by atoms with Crippen molar-refractivity contribution in [2.45, 2.75) is 39.2 Å². The minimum Gasteiger partial charge on any atom is -0.493 e. The van der Waals surface area contributed by atoms with Crippen LogP contribution in [0.15, 0.2) is 66.8 Å². The Kier molecular flexibility index (Phi) is 9.39. The number of fused-ring (bicyclic) bond motifs is 1. The maximum absolute atomic E-state index is 13.2. The molecule has 2 heterocycles. The summed E-state index contributed by atoms with van der Waals surface area (Å²) in [5.41, 5.74) is 3.87. The van der Waals surface area contributed by atoms with E-state index in [1.54, 1.807) is 38.5 Å². The van der Waals surface area contributed by atoms with E-state index in [4.69, 9.17) is 14.6 Å². The Morgan fingerprint density at radius 2 is 1.77 bits per heavy atom. The lowest BCUT2D eigenvalue weighted by Gasteiger charge is -2.19. The van der Waals surface area contributed by atoms with Gasteiger partial charge in [-0.05, 0) is 79.8 Å². The van der Waals surface area contributed by atoms with Gasteiger partial charge >= 0.3 is 0 Å². The fraction of sp³-hybridized carbons (Fsp3) is 0.323. The normalized spacial score (nSPS) is 15.9. The Morgan fingerprint density at radius 3 is 2.45 bits per heavy atom. The lowest BCUT2D eigenvalue weighted by atomic mass is 10.0. The lowest BCUT2D eigenvalue weighted by Crippen LogP contribution is -2.41. The van der Waals surface area contributed by atoms with Gasteiger partial charge in [-0.3, -0.25) is 9.59 Å². The number of hydrogen-bond donors (Lipinski definition) is 3. The van der Waals surface area contributed by atoms with E-state index in [9.17, 15) is 14.7 Å². The van der Waals surface area contributed by atoms with Crippen molar-refractivity contribution in [1.29, 1.82) is 0 Å². The van der Waals surface area contributed by atoms with Crippen molar-refractivity contribution in [1.82, 2.24) is 15.1 Å². The van der Waals surface area contributed by atoms with Crippen molar-refractivity contribution in [3.63, 3.8) is 0 Å². The number of aliphatic hydroxyl groups is 1. The van der Waals surface area contributed by atoms with Crippen molar-refractivity contribution in [3.05, 3.63) is 89.3 Å². The Bertz CT molecular complexity index is 1410. The van der Waals surface area contributed by atoms with E-state index in [-0.39, 0.29) is 36.1 Å². The van der Waals surface area contributed by atoms with Crippen LogP contribution < -0.4 is 20.1 Å². The number of benzene rings is 2. The highest BCUT2D eigenvalue weighted by molar-refractivity contribution is 6.03. The van der Waals surface area contributed by atoms with Gasteiger partial charge in [0.05, 0.1) is 32.6 Å². The molecule has 0 spiro atoms. The summed E-state index contributed by atoms with van der Waals surface area (Å²) in [5, 5.41) is 19.9. The van der Waals surface area contributed by atoms with Crippen LogP contribution in [0.25, 0.3) is 5.70 Å². The van der Waals surface area contributed by atoms with Crippen LogP contribution in [0.5, 0.6) is 11.5 Å². The van der Waals surface area contributed by atoms with Crippen LogP contribution in [-0.2, 0) is 6.42 Å². The number of allylic oxidation sites excluding steroid dienone is 3. The first kappa shape index (κ1) is 28.6. The summed E-state index contributed by atoms with van der Waals surface area (Å²) in [6.45, 7) is 3.73. The average Bonchev–Trinajstić information content (AvgIpc) is 3.41. The molecule has 0 aliphatic carbocycles. The first-order chi connectivity index (χ1) is 19.3. The van der Waals surface area contributed by atoms with Crippen LogP contribution in [-0.4, -0.2) is 53.6 Å². The fourth-order valence-corrected chi connectivity index (χ4v) is 4.43. The maximum atomic E-state index is 13.2. The molecule has 9 heteroatoms. The van der Waals surface area contributed by atoms with Gasteiger partial charge in [-0.1, -0.05) is 26.0 Å². The highest BCUT2D eigenvalue weighted by Gasteiger charge is 2.20. The van der Waals surface area contributed by atoms with Crippen LogP contribution in [0.2, 0.25) is 0 Å². The zero-order valence-corrected chi connectivity index (χ0v) is 23.3. The summed E-state index contributed by atoms with van der Waals surface area (Å²) in [6.07, 6.45) is 8.70. The maximum Gasteiger partial charge on any atom is 0.276 e. The zero-order valence-electron chi connectivity index (χ0n) is 23.3. The molecule has 0 saturated carbocycles. The summed E-state index contributed by atoms with van der Waals surface area (Å²) in [6, 6.07) is 13.8. The Balaban J connectivity index is 1.56. The molecule has 4 rings (SSSR count). The topological polar surface area (TPSA) is 115 Å². The molecule has 3 aromatic rings. The van der Waals surface area contributed by atoms with Crippen molar-refractivity contribution in [2.24, 2.45) is 5.92 Å². The van der Waals surface area contributed by atoms with E-state index in [2.05, 4.69) is 16.7 Å². The molecule has 210 valence electrons. The van der Waals surface area contributed by atoms with Crippen molar-refractivity contribution < 1.29 is 24.2 Å². The van der Waals surface area contributed by atoms with Crippen LogP contribution in [0.4, 0.5) is 5.69 Å². The monoisotopic (exact) mass is 544 g/mol. The third-order valence-electron chi connectivity index (χ3n) is 6.84. The second-order valence-corrected chi connectivity index (χ2v) is 9.91. The number of methoxy groups -OCH3 is 2. The zero-order chi connectivity index (χ0) is 28.6. The summed E-state index contributed by atoms with van der Waals surface area (Å²) < 4.78 is 12.7. The van der Waals surface area contributed by atoms with Gasteiger partial charge in [-0.2, -0.15) is 5.10 Å². The molecule has 2 amide bonds. The molecular formula is C31H36N4O5. The number of anilines is 1. The highest BCUT2D eigenvalue weighted by atomic mass is 16.5. The Labute approximate surface area is 234 Å². The number of rotatable bonds is 9. The standard InChI is InChI=1S/C31H36N4O5/c1-20(2)26(19-36)33-30(37)21-11-14-23(15-12-21)32-31(38)25-18-24-9-7-5-6-8-10-27(35(24)34-25)22-13-16-28(39-3)29(17-22)40-4/h6,8,10-18,20,26,36H,5,7,9,19H2,1-4H3,(H,32,38)(H,33,37)/b8-6-,27-10-/t26-/m1/s1. The van der Waals surface area contributed by atoms with Crippen LogP contribution in [0, 0.1) is 5.92 Å². The third-order valence-corrected chi connectivity index (χ3v) is 6.84. The smallest absolute Gasteiger partial charge is 0.276 e. The second kappa shape index (κ2) is 13.1. The first-order valence-corrected chi connectivity index (χ1v) is 13.4. The average molecular weight is 545 g/mol. The molecule has 0 radical (unpaired) electrons. The van der Waals surface area contributed by atoms with Crippen LogP contribution in [0.3, 0.4) is 0 Å². The number of amides is 2. The van der Waals surface area contributed by atoms with Gasteiger partial charge in [0.25, 0.3) is 11.8 Å². The number of aromatic nitrogens is 2. The van der Waals surface area contributed by atoms with E-state index in [1.165, 1.54) is 0 Å². The molecule has 1 aliphatic rings. The molecule has 1 atom stereocenters. The predicted molar refractivity (Wildman–Crippen MR) is 155 cm³/mol. The summed E-state index contributed by atoms with van der Waals surface area (Å²) in [4.78, 5) is 25.8. The largest absolute Gasteiger partial charge is 0.493 e. The summed E-state index contributed by atoms with van der Waals surface area (Å²) in [7, 11) is 3.19. The molecule has 1 aromatic heterocycles. The highest BCUT2D eigenvalue weighted by Crippen LogP contribution is 2.32. The Hall–Kier alpha value is -4.37. The molecule has 1 aliphatic heterocycles. The van der Waals surface area contributed by atoms with Gasteiger partial charge in [0.15, 0.2) is 17.2 Å². The van der Waals surface area contributed by atoms with E-state index in [1.807, 2.05) is 54.9 Å². The third kappa shape index (κ3) is 6.60. The van der Waals surface area contributed by atoms with E-state index >= 15 is 0 Å². The summed E-state index contributed by atoms with van der Waals surface area (Å²) >= 11 is 0. The van der Waals surface area contributed by atoms with Crippen LogP contribution in [0.1, 0.15) is 58.8 Å². The van der Waals surface area contributed by atoms with Gasteiger partial charge in [0.1, 0.15) is 0 Å². The minimum absolute atomic E-state index is 0.101. The van der Waals surface area contributed by atoms with Gasteiger partial charge < -0.3 is 25.2 Å². The van der Waals surface area contributed by atoms with E-state index in [0.717, 1.165) is 36.2 Å². The van der Waals surface area contributed by atoms with E-state index < -0.39 is 0 Å². The number of aliphatic hydroxyl groups excluding tert-OH is 1. The van der Waals surface area contributed by atoms with Crippen LogP contribution >= 0.6 is 0 Å². The number of carbonyl (C=O) groups is 2. The van der Waals surface area contributed by atoms with Crippen molar-refractivity contribution >= 4 is 23.2 Å². The predicted octanol–water partition coefficient (Wildman–Crippen LogP) is 4.68. The molecule has 9 nitrogen and oxygen atoms in total. The molecule has 3 N–H and O–H groups in total. The van der Waals surface area contributed by atoms with Gasteiger partial charge in [-0.15, -0.1) is 0 Å². The summed E-state index contributed by atoms with van der Waals surface area (Å²) in [5.74, 6) is 0.701. The molecule has 0 fully saturated rings. The number of ether oxygens (including phenoxy) is 2. The number of hydrogen-bond acceptors (Lipinski definition) is 6. The van der Waals surface area contributed by atoms with Gasteiger partial charge in [0.2, 0.25) is 0 Å². The molecule has 0 saturated heterocycles. The SMILES string of the molecule is COc1ccc(/C2=C/C=C\CCCc3cc(C(=O)Nc4ccc(C(=O)N[C@H](CO)C(C)C)cc4)nn32)cc1OC. The van der Waals surface area contributed by atoms with E-state index in [0.29, 0.717) is 22.7 Å². The minimum atomic E-state index is -0.350. The van der Waals surface area contributed by atoms with Gasteiger partial charge in [0, 0.05) is 22.5 Å². The molecule has 0 unspecified atom stereocenters. The molecular weight excluding hydrogens is 508 g/mol. The second-order valence-electron chi connectivity index (χ2n) is 9.91. The number of aryl methyl sites for hydroxylation is 1. The quantitative estimate of drug-likeness (QED) is 0.360. The Morgan fingerprint density at radius 1 is 1.02 bits per heavy atom. The molecule has 40 heavy (non-hydrogen) atoms. The molecule has 0 bridgehead atoms. The van der Waals surface area contributed by atoms with Crippen molar-refractivity contribution in [2.75, 3.05) is 26.1 Å². The number of carbonyl (C=O) groups excluding carboxylic acids is 2. The first-order valence-electron chi connectivity index (χ1n) is 13.4. The fourth-order valence-electron chi connectivity index (χ4n) is 4.43. The lowest BCUT2D eigenvalue weighted by molar-refractivity contribution is 0.0896. The van der Waals surface area contributed by atoms with Crippen molar-refractivity contribution in [3.8, 4) is 11.5 Å². The number of nitrogens with one attached hydrogen (secondary N) is 2. The van der Waals surface area contributed by atoms with Gasteiger partial charge in [-0.25, -0.2) is 4.68 Å². The number of nitrogens with zero attached hydrogens (tertiary/aromatic N) is 2.